The van der Waals surface area contributed by atoms with Crippen LogP contribution in [0, 0.1) is 0 Å². The van der Waals surface area contributed by atoms with E-state index >= 15 is 0 Å². The fourth-order valence-corrected chi connectivity index (χ4v) is 10.1. The van der Waals surface area contributed by atoms with Gasteiger partial charge < -0.3 is 0 Å². The Morgan fingerprint density at radius 3 is 1.59 bits per heavy atom. The summed E-state index contributed by atoms with van der Waals surface area (Å²) in [5.41, 5.74) is 3.07. The molecule has 5 aromatic rings. The summed E-state index contributed by atoms with van der Waals surface area (Å²) in [5, 5.41) is 7.46. The highest BCUT2D eigenvalue weighted by atomic mass is 32.2. The minimum atomic E-state index is 1.21. The molecule has 29 heavy (non-hydrogen) atoms. The Morgan fingerprint density at radius 1 is 0.655 bits per heavy atom. The smallest absolute Gasteiger partial charge is 0.0893 e. The molecule has 0 aliphatic heterocycles. The molecule has 0 spiro atoms. The van der Waals surface area contributed by atoms with Crippen molar-refractivity contribution < 1.29 is 0 Å². The molecule has 0 saturated heterocycles. The van der Waals surface area contributed by atoms with Gasteiger partial charge in [-0.1, -0.05) is 26.7 Å². The second kappa shape index (κ2) is 8.64. The standard InChI is InChI=1S/C24H24S5/c1-3-5-7-15-9-11-25-21(15)19-13-17-18-14-20(28-24(18)29-23(17)27-19)22-16(8-6-4-2)10-12-26-22/h9-14H,3-8H2,1-2H3. The Labute approximate surface area is 192 Å². The Kier molecular flexibility index (Phi) is 5.94. The quantitative estimate of drug-likeness (QED) is 0.211. The van der Waals surface area contributed by atoms with E-state index in [1.165, 1.54) is 88.0 Å². The van der Waals surface area contributed by atoms with E-state index in [0.717, 1.165) is 0 Å². The first-order chi connectivity index (χ1) is 14.3. The third kappa shape index (κ3) is 3.77. The van der Waals surface area contributed by atoms with E-state index in [9.17, 15) is 0 Å². The zero-order valence-electron chi connectivity index (χ0n) is 16.7. The highest BCUT2D eigenvalue weighted by Gasteiger charge is 2.18. The van der Waals surface area contributed by atoms with Gasteiger partial charge in [0.15, 0.2) is 0 Å². The molecule has 5 heterocycles. The fraction of sp³-hybridized carbons (Fsp3) is 0.333. The third-order valence-electron chi connectivity index (χ3n) is 5.41. The van der Waals surface area contributed by atoms with Crippen LogP contribution in [0.1, 0.15) is 50.7 Å². The van der Waals surface area contributed by atoms with Crippen LogP contribution in [0.3, 0.4) is 0 Å². The topological polar surface area (TPSA) is 0 Å². The van der Waals surface area contributed by atoms with E-state index < -0.39 is 0 Å². The molecule has 0 nitrogen and oxygen atoms in total. The number of unbranched alkanes of at least 4 members (excludes halogenated alkanes) is 2. The minimum Gasteiger partial charge on any atom is -0.143 e. The van der Waals surface area contributed by atoms with Gasteiger partial charge in [0.25, 0.3) is 0 Å². The number of hydrogen-bond acceptors (Lipinski definition) is 5. The van der Waals surface area contributed by atoms with Gasteiger partial charge in [-0.3, -0.25) is 0 Å². The van der Waals surface area contributed by atoms with Crippen LogP contribution < -0.4 is 0 Å². The van der Waals surface area contributed by atoms with Crippen molar-refractivity contribution in [2.75, 3.05) is 0 Å². The van der Waals surface area contributed by atoms with Gasteiger partial charge in [-0.2, -0.15) is 0 Å². The van der Waals surface area contributed by atoms with E-state index in [2.05, 4.69) is 48.9 Å². The van der Waals surface area contributed by atoms with E-state index in [-0.39, 0.29) is 0 Å². The Bertz CT molecular complexity index is 1140. The lowest BCUT2D eigenvalue weighted by Gasteiger charge is -2.00. The molecule has 0 amide bonds. The minimum absolute atomic E-state index is 1.21. The molecule has 0 aliphatic rings. The van der Waals surface area contributed by atoms with E-state index in [1.54, 1.807) is 0 Å². The van der Waals surface area contributed by atoms with Gasteiger partial charge >= 0.3 is 0 Å². The summed E-state index contributed by atoms with van der Waals surface area (Å²) in [6, 6.07) is 9.58. The molecule has 5 rings (SSSR count). The van der Waals surface area contributed by atoms with Crippen LogP contribution in [0.4, 0.5) is 0 Å². The molecule has 150 valence electrons. The highest BCUT2D eigenvalue weighted by molar-refractivity contribution is 7.50. The molecule has 0 aliphatic carbocycles. The maximum absolute atomic E-state index is 2.46. The zero-order valence-corrected chi connectivity index (χ0v) is 20.8. The Morgan fingerprint density at radius 2 is 1.14 bits per heavy atom. The largest absolute Gasteiger partial charge is 0.143 e. The molecule has 0 bridgehead atoms. The van der Waals surface area contributed by atoms with Crippen molar-refractivity contribution in [3.8, 4) is 19.5 Å². The number of fused-ring (bicyclic) bond motifs is 3. The lowest BCUT2D eigenvalue weighted by molar-refractivity contribution is 0.798. The predicted molar refractivity (Wildman–Crippen MR) is 139 cm³/mol. The first-order valence-corrected chi connectivity index (χ1v) is 14.6. The monoisotopic (exact) mass is 472 g/mol. The normalized spacial score (nSPS) is 11.9. The van der Waals surface area contributed by atoms with Crippen LogP contribution in [0.15, 0.2) is 35.0 Å². The second-order valence-corrected chi connectivity index (χ2v) is 13.0. The lowest BCUT2D eigenvalue weighted by Crippen LogP contribution is -1.82. The summed E-state index contributed by atoms with van der Waals surface area (Å²) in [4.78, 5) is 5.91. The average Bonchev–Trinajstić information content (AvgIpc) is 3.50. The Hall–Kier alpha value is -0.980. The van der Waals surface area contributed by atoms with Gasteiger partial charge in [-0.25, -0.2) is 0 Å². The van der Waals surface area contributed by atoms with Crippen molar-refractivity contribution in [2.24, 2.45) is 0 Å². The molecule has 0 saturated carbocycles. The molecule has 0 aromatic carbocycles. The number of rotatable bonds is 8. The molecule has 0 fully saturated rings. The van der Waals surface area contributed by atoms with Gasteiger partial charge in [-0.05, 0) is 71.8 Å². The van der Waals surface area contributed by atoms with Crippen molar-refractivity contribution in [3.63, 3.8) is 0 Å². The predicted octanol–water partition coefficient (Wildman–Crippen LogP) is 10.3. The Balaban J connectivity index is 1.52. The van der Waals surface area contributed by atoms with Gasteiger partial charge in [0.05, 0.1) is 8.03 Å². The molecule has 0 radical (unpaired) electrons. The molecular formula is C24H24S5. The van der Waals surface area contributed by atoms with Crippen LogP contribution >= 0.6 is 56.7 Å². The average molecular weight is 473 g/mol. The number of aryl methyl sites for hydroxylation is 2. The van der Waals surface area contributed by atoms with Gasteiger partial charge in [0, 0.05) is 30.3 Å². The van der Waals surface area contributed by atoms with Crippen LogP contribution in [-0.4, -0.2) is 0 Å². The number of hydrogen-bond donors (Lipinski definition) is 0. The summed E-state index contributed by atoms with van der Waals surface area (Å²) in [7, 11) is 0. The molecule has 5 aromatic heterocycles. The summed E-state index contributed by atoms with van der Waals surface area (Å²) >= 11 is 9.79. The first kappa shape index (κ1) is 20.0. The second-order valence-electron chi connectivity index (χ2n) is 7.48. The summed E-state index contributed by atoms with van der Waals surface area (Å²) in [6.07, 6.45) is 7.49. The molecule has 0 N–H and O–H groups in total. The van der Waals surface area contributed by atoms with Crippen LogP contribution in [-0.2, 0) is 12.8 Å². The van der Waals surface area contributed by atoms with Gasteiger partial charge in [0.2, 0.25) is 0 Å². The number of thiophene rings is 5. The molecule has 5 heteroatoms. The van der Waals surface area contributed by atoms with Crippen molar-refractivity contribution >= 4 is 75.5 Å². The SMILES string of the molecule is CCCCc1ccsc1-c1cc2c(s1)sc1sc(-c3sccc3CCCC)cc12. The van der Waals surface area contributed by atoms with Crippen molar-refractivity contribution in [3.05, 3.63) is 46.2 Å². The molecule has 0 atom stereocenters. The van der Waals surface area contributed by atoms with E-state index in [0.29, 0.717) is 0 Å². The lowest BCUT2D eigenvalue weighted by atomic mass is 10.1. The summed E-state index contributed by atoms with van der Waals surface area (Å²) in [6.45, 7) is 4.55. The zero-order chi connectivity index (χ0) is 19.8. The van der Waals surface area contributed by atoms with Gasteiger partial charge in [-0.15, -0.1) is 56.7 Å². The third-order valence-corrected chi connectivity index (χ3v) is 11.4. The van der Waals surface area contributed by atoms with Crippen LogP contribution in [0.2, 0.25) is 0 Å². The highest BCUT2D eigenvalue weighted by Crippen LogP contribution is 2.49. The maximum Gasteiger partial charge on any atom is 0.0893 e. The van der Waals surface area contributed by atoms with Crippen molar-refractivity contribution in [1.29, 1.82) is 0 Å². The first-order valence-electron chi connectivity index (χ1n) is 10.4. The van der Waals surface area contributed by atoms with Crippen LogP contribution in [0.25, 0.3) is 38.3 Å². The fourth-order valence-electron chi connectivity index (χ4n) is 3.82. The van der Waals surface area contributed by atoms with Crippen molar-refractivity contribution in [1.82, 2.24) is 0 Å². The van der Waals surface area contributed by atoms with Gasteiger partial charge in [0.1, 0.15) is 0 Å². The summed E-state index contributed by atoms with van der Waals surface area (Å²) < 4.78 is 2.97. The molecular weight excluding hydrogens is 449 g/mol. The molecule has 0 unspecified atom stereocenters. The maximum atomic E-state index is 2.46. The van der Waals surface area contributed by atoms with E-state index in [4.69, 9.17) is 0 Å². The summed E-state index contributed by atoms with van der Waals surface area (Å²) in [5.74, 6) is 0. The van der Waals surface area contributed by atoms with Crippen molar-refractivity contribution in [2.45, 2.75) is 52.4 Å². The van der Waals surface area contributed by atoms with Crippen LogP contribution in [0.5, 0.6) is 0 Å². The van der Waals surface area contributed by atoms with E-state index in [1.807, 2.05) is 56.7 Å².